The van der Waals surface area contributed by atoms with E-state index in [1.807, 2.05) is 18.2 Å². The van der Waals surface area contributed by atoms with E-state index in [0.29, 0.717) is 46.6 Å². The molecule has 2 aromatic carbocycles. The van der Waals surface area contributed by atoms with Gasteiger partial charge in [-0.2, -0.15) is 0 Å². The van der Waals surface area contributed by atoms with Crippen LogP contribution in [0.25, 0.3) is 0 Å². The highest BCUT2D eigenvalue weighted by molar-refractivity contribution is 6.33. The van der Waals surface area contributed by atoms with Crippen LogP contribution in [0.5, 0.6) is 5.75 Å². The van der Waals surface area contributed by atoms with Gasteiger partial charge in [-0.15, -0.1) is 0 Å². The second-order valence-corrected chi connectivity index (χ2v) is 10.1. The van der Waals surface area contributed by atoms with Crippen molar-refractivity contribution < 1.29 is 19.4 Å². The van der Waals surface area contributed by atoms with Crippen LogP contribution in [-0.2, 0) is 4.79 Å². The van der Waals surface area contributed by atoms with Crippen molar-refractivity contribution in [1.29, 1.82) is 0 Å². The number of methoxy groups -OCH3 is 1. The van der Waals surface area contributed by atoms with E-state index in [9.17, 15) is 9.59 Å². The van der Waals surface area contributed by atoms with E-state index >= 15 is 0 Å². The van der Waals surface area contributed by atoms with Gasteiger partial charge in [0, 0.05) is 22.7 Å². The first kappa shape index (κ1) is 26.2. The Morgan fingerprint density at radius 2 is 1.79 bits per heavy atom. The Morgan fingerprint density at radius 3 is 2.38 bits per heavy atom. The second-order valence-electron chi connectivity index (χ2n) is 9.21. The van der Waals surface area contributed by atoms with Crippen molar-refractivity contribution in [2.75, 3.05) is 19.0 Å². The molecule has 0 aliphatic heterocycles. The van der Waals surface area contributed by atoms with Gasteiger partial charge in [-0.3, -0.25) is 9.59 Å². The number of anilines is 1. The average Bonchev–Trinajstić information content (AvgIpc) is 2.81. The standard InChI is InChI=1S/C26H32Cl2N2O4/c1-15(2)24(20-13-19(27)9-11-23(20)34-3)30-22-10-8-18(12-21(22)28)25(31)29-14-16-4-6-17(7-5-16)26(32)33/h8-13,15-17,24,30H,4-7,14H2,1-3H3,(H,29,31)(H,32,33). The highest BCUT2D eigenvalue weighted by Crippen LogP contribution is 2.36. The molecule has 8 heteroatoms. The molecule has 1 aliphatic carbocycles. The summed E-state index contributed by atoms with van der Waals surface area (Å²) >= 11 is 12.8. The molecule has 0 spiro atoms. The summed E-state index contributed by atoms with van der Waals surface area (Å²) in [5, 5.41) is 16.6. The SMILES string of the molecule is COc1ccc(Cl)cc1C(Nc1ccc(C(=O)NCC2CCC(C(=O)O)CC2)cc1Cl)C(C)C. The molecule has 6 nitrogen and oxygen atoms in total. The molecule has 0 aromatic heterocycles. The van der Waals surface area contributed by atoms with E-state index in [2.05, 4.69) is 24.5 Å². The summed E-state index contributed by atoms with van der Waals surface area (Å²) in [6.45, 7) is 4.72. The summed E-state index contributed by atoms with van der Waals surface area (Å²) in [7, 11) is 1.63. The first-order valence-electron chi connectivity index (χ1n) is 11.6. The number of carbonyl (C=O) groups is 2. The first-order valence-corrected chi connectivity index (χ1v) is 12.4. The number of carboxylic acids is 1. The van der Waals surface area contributed by atoms with Crippen molar-refractivity contribution in [3.8, 4) is 5.75 Å². The summed E-state index contributed by atoms with van der Waals surface area (Å²) in [6.07, 6.45) is 2.95. The Bertz CT molecular complexity index is 1020. The number of ether oxygens (including phenoxy) is 1. The number of nitrogens with one attached hydrogen (secondary N) is 2. The van der Waals surface area contributed by atoms with Gasteiger partial charge in [-0.1, -0.05) is 37.0 Å². The minimum Gasteiger partial charge on any atom is -0.496 e. The predicted molar refractivity (Wildman–Crippen MR) is 136 cm³/mol. The molecule has 0 bridgehead atoms. The lowest BCUT2D eigenvalue weighted by molar-refractivity contribution is -0.143. The van der Waals surface area contributed by atoms with Crippen LogP contribution in [-0.4, -0.2) is 30.6 Å². The van der Waals surface area contributed by atoms with Gasteiger partial charge in [0.15, 0.2) is 0 Å². The topological polar surface area (TPSA) is 87.7 Å². The Balaban J connectivity index is 1.65. The number of hydrogen-bond acceptors (Lipinski definition) is 4. The van der Waals surface area contributed by atoms with Crippen LogP contribution in [0.4, 0.5) is 5.69 Å². The van der Waals surface area contributed by atoms with Crippen molar-refractivity contribution in [3.63, 3.8) is 0 Å². The van der Waals surface area contributed by atoms with Crippen LogP contribution in [0, 0.1) is 17.8 Å². The molecule has 2 aromatic rings. The maximum Gasteiger partial charge on any atom is 0.306 e. The maximum absolute atomic E-state index is 12.7. The Kier molecular flexibility index (Phi) is 9.09. The minimum absolute atomic E-state index is 0.105. The molecule has 184 valence electrons. The zero-order chi connectivity index (χ0) is 24.8. The van der Waals surface area contributed by atoms with Gasteiger partial charge >= 0.3 is 5.97 Å². The number of hydrogen-bond donors (Lipinski definition) is 3. The van der Waals surface area contributed by atoms with Gasteiger partial charge in [-0.05, 0) is 73.9 Å². The largest absolute Gasteiger partial charge is 0.496 e. The molecule has 3 rings (SSSR count). The summed E-state index contributed by atoms with van der Waals surface area (Å²) in [6, 6.07) is 10.6. The van der Waals surface area contributed by atoms with Gasteiger partial charge < -0.3 is 20.5 Å². The number of carbonyl (C=O) groups excluding carboxylic acids is 1. The molecule has 0 radical (unpaired) electrons. The highest BCUT2D eigenvalue weighted by atomic mass is 35.5. The third-order valence-corrected chi connectivity index (χ3v) is 7.03. The molecule has 1 fully saturated rings. The van der Waals surface area contributed by atoms with Gasteiger partial charge in [0.1, 0.15) is 5.75 Å². The molecule has 0 heterocycles. The van der Waals surface area contributed by atoms with Crippen LogP contribution in [0.1, 0.15) is 61.5 Å². The van der Waals surface area contributed by atoms with Crippen molar-refractivity contribution in [2.24, 2.45) is 17.8 Å². The number of carboxylic acid groups (broad SMARTS) is 1. The molecular formula is C26H32Cl2N2O4. The fraction of sp³-hybridized carbons (Fsp3) is 0.462. The van der Waals surface area contributed by atoms with Crippen LogP contribution < -0.4 is 15.4 Å². The Hall–Kier alpha value is -2.44. The van der Waals surface area contributed by atoms with Gasteiger partial charge in [0.05, 0.1) is 29.8 Å². The van der Waals surface area contributed by atoms with Crippen molar-refractivity contribution in [1.82, 2.24) is 5.32 Å². The number of rotatable bonds is 9. The van der Waals surface area contributed by atoms with E-state index in [0.717, 1.165) is 24.2 Å². The molecule has 1 atom stereocenters. The van der Waals surface area contributed by atoms with E-state index in [1.54, 1.807) is 25.3 Å². The lowest BCUT2D eigenvalue weighted by Crippen LogP contribution is -2.32. The van der Waals surface area contributed by atoms with Gasteiger partial charge in [0.2, 0.25) is 0 Å². The van der Waals surface area contributed by atoms with Crippen molar-refractivity contribution in [2.45, 2.75) is 45.6 Å². The lowest BCUT2D eigenvalue weighted by Gasteiger charge is -2.27. The van der Waals surface area contributed by atoms with E-state index in [4.69, 9.17) is 33.0 Å². The predicted octanol–water partition coefficient (Wildman–Crippen LogP) is 6.43. The van der Waals surface area contributed by atoms with Crippen LogP contribution in [0.3, 0.4) is 0 Å². The third kappa shape index (κ3) is 6.57. The number of benzene rings is 2. The Labute approximate surface area is 211 Å². The van der Waals surface area contributed by atoms with Gasteiger partial charge in [0.25, 0.3) is 5.91 Å². The molecule has 1 saturated carbocycles. The van der Waals surface area contributed by atoms with Crippen LogP contribution >= 0.6 is 23.2 Å². The Morgan fingerprint density at radius 1 is 1.09 bits per heavy atom. The fourth-order valence-corrected chi connectivity index (χ4v) is 4.86. The average molecular weight is 507 g/mol. The molecule has 1 unspecified atom stereocenters. The molecule has 0 saturated heterocycles. The maximum atomic E-state index is 12.7. The summed E-state index contributed by atoms with van der Waals surface area (Å²) in [5.74, 6) is 0.0792. The lowest BCUT2D eigenvalue weighted by atomic mass is 9.82. The van der Waals surface area contributed by atoms with Crippen molar-refractivity contribution >= 4 is 40.8 Å². The van der Waals surface area contributed by atoms with E-state index in [-0.39, 0.29) is 23.8 Å². The molecule has 34 heavy (non-hydrogen) atoms. The molecular weight excluding hydrogens is 475 g/mol. The summed E-state index contributed by atoms with van der Waals surface area (Å²) in [4.78, 5) is 23.8. The summed E-state index contributed by atoms with van der Waals surface area (Å²) < 4.78 is 5.53. The molecule has 3 N–H and O–H groups in total. The van der Waals surface area contributed by atoms with Crippen molar-refractivity contribution in [3.05, 3.63) is 57.6 Å². The number of halogens is 2. The smallest absolute Gasteiger partial charge is 0.306 e. The second kappa shape index (κ2) is 11.8. The third-order valence-electron chi connectivity index (χ3n) is 6.48. The summed E-state index contributed by atoms with van der Waals surface area (Å²) in [5.41, 5.74) is 2.13. The molecule has 1 amide bonds. The zero-order valence-electron chi connectivity index (χ0n) is 19.7. The monoisotopic (exact) mass is 506 g/mol. The normalized spacial score (nSPS) is 18.9. The quantitative estimate of drug-likeness (QED) is 0.364. The number of amides is 1. The fourth-order valence-electron chi connectivity index (χ4n) is 4.45. The van der Waals surface area contributed by atoms with Crippen LogP contribution in [0.15, 0.2) is 36.4 Å². The van der Waals surface area contributed by atoms with Gasteiger partial charge in [-0.25, -0.2) is 0 Å². The van der Waals surface area contributed by atoms with Crippen LogP contribution in [0.2, 0.25) is 10.0 Å². The first-order chi connectivity index (χ1) is 16.2. The van der Waals surface area contributed by atoms with E-state index in [1.165, 1.54) is 0 Å². The zero-order valence-corrected chi connectivity index (χ0v) is 21.2. The molecule has 1 aliphatic rings. The minimum atomic E-state index is -0.723. The highest BCUT2D eigenvalue weighted by Gasteiger charge is 2.26. The van der Waals surface area contributed by atoms with E-state index < -0.39 is 5.97 Å². The number of aliphatic carboxylic acids is 1.